The van der Waals surface area contributed by atoms with Crippen LogP contribution in [0.4, 0.5) is 0 Å². The van der Waals surface area contributed by atoms with Crippen molar-refractivity contribution in [2.45, 2.75) is 39.2 Å². The fourth-order valence-electron chi connectivity index (χ4n) is 4.24. The molecule has 5 nitrogen and oxygen atoms in total. The number of carbonyl (C=O) groups is 2. The summed E-state index contributed by atoms with van der Waals surface area (Å²) in [6.07, 6.45) is 7.56. The Balaban J connectivity index is 1.41. The highest BCUT2D eigenvalue weighted by Gasteiger charge is 2.52. The number of rotatable bonds is 3. The van der Waals surface area contributed by atoms with Gasteiger partial charge in [0.25, 0.3) is 0 Å². The van der Waals surface area contributed by atoms with Gasteiger partial charge in [0.2, 0.25) is 11.8 Å². The lowest BCUT2D eigenvalue weighted by Gasteiger charge is -2.25. The van der Waals surface area contributed by atoms with Crippen LogP contribution in [0.3, 0.4) is 0 Å². The molecule has 0 bridgehead atoms. The van der Waals surface area contributed by atoms with Crippen LogP contribution >= 0.6 is 11.3 Å². The van der Waals surface area contributed by atoms with E-state index in [0.29, 0.717) is 13.1 Å². The van der Waals surface area contributed by atoms with Gasteiger partial charge in [-0.15, -0.1) is 11.3 Å². The van der Waals surface area contributed by atoms with E-state index in [2.05, 4.69) is 17.1 Å². The SMILES string of the molecule is Cc1nc(CN2CC[C@@]3(CCN(C(=O)C4CC=CC4)C3)C2=O)cs1. The minimum atomic E-state index is -0.341. The van der Waals surface area contributed by atoms with E-state index in [4.69, 9.17) is 0 Å². The van der Waals surface area contributed by atoms with E-state index in [1.165, 1.54) is 0 Å². The highest BCUT2D eigenvalue weighted by atomic mass is 32.1. The van der Waals surface area contributed by atoms with Gasteiger partial charge in [-0.05, 0) is 32.6 Å². The number of allylic oxidation sites excluding steroid dienone is 2. The lowest BCUT2D eigenvalue weighted by molar-refractivity contribution is -0.138. The second-order valence-electron chi connectivity index (χ2n) is 7.26. The number of likely N-dealkylation sites (tertiary alicyclic amines) is 2. The van der Waals surface area contributed by atoms with Gasteiger partial charge in [-0.2, -0.15) is 0 Å². The molecular weight excluding hydrogens is 322 g/mol. The number of aromatic nitrogens is 1. The van der Waals surface area contributed by atoms with E-state index in [1.54, 1.807) is 11.3 Å². The first-order valence-corrected chi connectivity index (χ1v) is 9.59. The molecule has 0 unspecified atom stereocenters. The van der Waals surface area contributed by atoms with Gasteiger partial charge in [0.15, 0.2) is 0 Å². The molecule has 2 aliphatic heterocycles. The van der Waals surface area contributed by atoms with E-state index in [9.17, 15) is 9.59 Å². The lowest BCUT2D eigenvalue weighted by Crippen LogP contribution is -2.39. The zero-order valence-electron chi connectivity index (χ0n) is 14.0. The maximum atomic E-state index is 13.0. The molecule has 6 heteroatoms. The van der Waals surface area contributed by atoms with E-state index >= 15 is 0 Å². The van der Waals surface area contributed by atoms with Gasteiger partial charge in [-0.1, -0.05) is 12.2 Å². The minimum absolute atomic E-state index is 0.103. The first kappa shape index (κ1) is 15.8. The molecule has 1 spiro atoms. The van der Waals surface area contributed by atoms with E-state index in [0.717, 1.165) is 49.5 Å². The van der Waals surface area contributed by atoms with E-state index in [1.807, 2.05) is 22.1 Å². The third-order valence-corrected chi connectivity index (χ3v) is 6.47. The van der Waals surface area contributed by atoms with Crippen molar-refractivity contribution in [3.8, 4) is 0 Å². The Morgan fingerprint density at radius 3 is 2.79 bits per heavy atom. The van der Waals surface area contributed by atoms with Gasteiger partial charge in [0.1, 0.15) is 0 Å². The third-order valence-electron chi connectivity index (χ3n) is 5.64. The number of amides is 2. The summed E-state index contributed by atoms with van der Waals surface area (Å²) in [6, 6.07) is 0. The van der Waals surface area contributed by atoms with Gasteiger partial charge in [-0.25, -0.2) is 4.98 Å². The molecular formula is C18H23N3O2S. The van der Waals surface area contributed by atoms with Crippen molar-refractivity contribution in [3.05, 3.63) is 28.2 Å². The van der Waals surface area contributed by atoms with Gasteiger partial charge in [0, 0.05) is 30.9 Å². The highest BCUT2D eigenvalue weighted by Crippen LogP contribution is 2.42. The van der Waals surface area contributed by atoms with Gasteiger partial charge < -0.3 is 9.80 Å². The Kier molecular flexibility index (Phi) is 3.95. The largest absolute Gasteiger partial charge is 0.341 e. The van der Waals surface area contributed by atoms with Gasteiger partial charge in [-0.3, -0.25) is 9.59 Å². The average Bonchev–Trinajstić information content (AvgIpc) is 3.34. The first-order valence-electron chi connectivity index (χ1n) is 8.72. The molecule has 2 saturated heterocycles. The van der Waals surface area contributed by atoms with Crippen LogP contribution < -0.4 is 0 Å². The van der Waals surface area contributed by atoms with Crippen LogP contribution in [0.15, 0.2) is 17.5 Å². The Morgan fingerprint density at radius 1 is 1.33 bits per heavy atom. The molecule has 4 rings (SSSR count). The average molecular weight is 345 g/mol. The zero-order chi connectivity index (χ0) is 16.7. The molecule has 2 fully saturated rings. The first-order chi connectivity index (χ1) is 11.6. The van der Waals surface area contributed by atoms with Crippen molar-refractivity contribution in [2.75, 3.05) is 19.6 Å². The molecule has 1 aliphatic carbocycles. The van der Waals surface area contributed by atoms with Crippen LogP contribution in [0, 0.1) is 18.3 Å². The Morgan fingerprint density at radius 2 is 2.08 bits per heavy atom. The predicted molar refractivity (Wildman–Crippen MR) is 92.4 cm³/mol. The second-order valence-corrected chi connectivity index (χ2v) is 8.33. The molecule has 0 aromatic carbocycles. The number of carbonyl (C=O) groups excluding carboxylic acids is 2. The number of hydrogen-bond acceptors (Lipinski definition) is 4. The van der Waals surface area contributed by atoms with E-state index in [-0.39, 0.29) is 23.1 Å². The molecule has 0 N–H and O–H groups in total. The monoisotopic (exact) mass is 345 g/mol. The molecule has 24 heavy (non-hydrogen) atoms. The van der Waals surface area contributed by atoms with Crippen LogP contribution in [0.5, 0.6) is 0 Å². The summed E-state index contributed by atoms with van der Waals surface area (Å²) >= 11 is 1.62. The number of nitrogens with zero attached hydrogens (tertiary/aromatic N) is 3. The maximum Gasteiger partial charge on any atom is 0.231 e. The van der Waals surface area contributed by atoms with Crippen molar-refractivity contribution in [1.82, 2.24) is 14.8 Å². The molecule has 3 heterocycles. The van der Waals surface area contributed by atoms with Crippen LogP contribution in [0.25, 0.3) is 0 Å². The van der Waals surface area contributed by atoms with Crippen molar-refractivity contribution >= 4 is 23.2 Å². The van der Waals surface area contributed by atoms with Gasteiger partial charge in [0.05, 0.1) is 22.7 Å². The highest BCUT2D eigenvalue weighted by molar-refractivity contribution is 7.09. The van der Waals surface area contributed by atoms with Crippen molar-refractivity contribution < 1.29 is 9.59 Å². The summed E-state index contributed by atoms with van der Waals surface area (Å²) in [6.45, 7) is 4.70. The Bertz CT molecular complexity index is 690. The molecule has 3 aliphatic rings. The smallest absolute Gasteiger partial charge is 0.231 e. The summed E-state index contributed by atoms with van der Waals surface area (Å²) in [5.41, 5.74) is 0.637. The Labute approximate surface area is 146 Å². The second kappa shape index (κ2) is 5.99. The third kappa shape index (κ3) is 2.66. The number of hydrogen-bond donors (Lipinski definition) is 0. The predicted octanol–water partition coefficient (Wildman–Crippen LogP) is 2.37. The van der Waals surface area contributed by atoms with Crippen LogP contribution in [-0.4, -0.2) is 46.2 Å². The standard InChI is InChI=1S/C18H23N3O2S/c1-13-19-15(11-24-13)10-20-8-6-18(17(20)23)7-9-21(12-18)16(22)14-4-2-3-5-14/h2-3,11,14H,4-10,12H2,1H3/t18-/m0/s1. The fraction of sp³-hybridized carbons (Fsp3) is 0.611. The lowest BCUT2D eigenvalue weighted by atomic mass is 9.85. The van der Waals surface area contributed by atoms with Crippen LogP contribution in [0.1, 0.15) is 36.4 Å². The van der Waals surface area contributed by atoms with Crippen LogP contribution in [0.2, 0.25) is 0 Å². The fourth-order valence-corrected chi connectivity index (χ4v) is 4.84. The zero-order valence-corrected chi connectivity index (χ0v) is 14.8. The van der Waals surface area contributed by atoms with Crippen molar-refractivity contribution in [1.29, 1.82) is 0 Å². The molecule has 0 saturated carbocycles. The van der Waals surface area contributed by atoms with Crippen molar-refractivity contribution in [2.24, 2.45) is 11.3 Å². The van der Waals surface area contributed by atoms with Crippen molar-refractivity contribution in [3.63, 3.8) is 0 Å². The quantitative estimate of drug-likeness (QED) is 0.790. The maximum absolute atomic E-state index is 13.0. The summed E-state index contributed by atoms with van der Waals surface area (Å²) in [5.74, 6) is 0.553. The summed E-state index contributed by atoms with van der Waals surface area (Å²) < 4.78 is 0. The number of thiazole rings is 1. The summed E-state index contributed by atoms with van der Waals surface area (Å²) in [5, 5.41) is 3.07. The molecule has 2 amide bonds. The van der Waals surface area contributed by atoms with Crippen LogP contribution in [-0.2, 0) is 16.1 Å². The summed E-state index contributed by atoms with van der Waals surface area (Å²) in [7, 11) is 0. The molecule has 1 atom stereocenters. The summed E-state index contributed by atoms with van der Waals surface area (Å²) in [4.78, 5) is 33.9. The number of aryl methyl sites for hydroxylation is 1. The molecule has 1 aromatic heterocycles. The normalized spacial score (nSPS) is 27.1. The molecule has 128 valence electrons. The van der Waals surface area contributed by atoms with Gasteiger partial charge >= 0.3 is 0 Å². The Hall–Kier alpha value is -1.69. The topological polar surface area (TPSA) is 53.5 Å². The minimum Gasteiger partial charge on any atom is -0.341 e. The molecule has 1 aromatic rings. The molecule has 0 radical (unpaired) electrons. The van der Waals surface area contributed by atoms with E-state index < -0.39 is 0 Å².